The molecule has 1 saturated carbocycles. The van der Waals surface area contributed by atoms with Gasteiger partial charge in [0.1, 0.15) is 0 Å². The number of carbonyl (C=O) groups excluding carboxylic acids is 1. The summed E-state index contributed by atoms with van der Waals surface area (Å²) in [6.07, 6.45) is 2.17. The minimum Gasteiger partial charge on any atom is -0.397 e. The number of nitrogen functional groups attached to an aromatic ring is 1. The maximum absolute atomic E-state index is 11.7. The summed E-state index contributed by atoms with van der Waals surface area (Å²) in [4.78, 5) is 11.7. The lowest BCUT2D eigenvalue weighted by molar-refractivity contribution is 0.0951. The molecule has 3 N–H and O–H groups in total. The molecular formula is C10H10Br2N2O. The van der Waals surface area contributed by atoms with E-state index in [0.717, 1.165) is 21.8 Å². The third-order valence-electron chi connectivity index (χ3n) is 2.25. The Labute approximate surface area is 105 Å². The standard InChI is InChI=1S/C10H10Br2N2O/c11-7-3-5(4-8(12)9(7)13)10(15)14-6-1-2-6/h3-4,6H,1-2,13H2,(H,14,15). The van der Waals surface area contributed by atoms with Crippen molar-refractivity contribution < 1.29 is 4.79 Å². The van der Waals surface area contributed by atoms with E-state index in [2.05, 4.69) is 37.2 Å². The molecule has 1 aromatic rings. The third-order valence-corrected chi connectivity index (χ3v) is 3.57. The van der Waals surface area contributed by atoms with Crippen LogP contribution in [-0.4, -0.2) is 11.9 Å². The van der Waals surface area contributed by atoms with Crippen molar-refractivity contribution in [1.29, 1.82) is 0 Å². The van der Waals surface area contributed by atoms with Crippen molar-refractivity contribution in [3.05, 3.63) is 26.6 Å². The lowest BCUT2D eigenvalue weighted by atomic mass is 10.2. The third kappa shape index (κ3) is 2.52. The summed E-state index contributed by atoms with van der Waals surface area (Å²) in [6.45, 7) is 0. The quantitative estimate of drug-likeness (QED) is 0.817. The van der Waals surface area contributed by atoms with Crippen molar-refractivity contribution in [2.75, 3.05) is 5.73 Å². The molecule has 1 aromatic carbocycles. The number of hydrogen-bond acceptors (Lipinski definition) is 2. The molecule has 0 atom stereocenters. The Kier molecular flexibility index (Phi) is 3.02. The second-order valence-corrected chi connectivity index (χ2v) is 5.31. The zero-order chi connectivity index (χ0) is 11.0. The fourth-order valence-electron chi connectivity index (χ4n) is 1.21. The topological polar surface area (TPSA) is 55.1 Å². The molecule has 5 heteroatoms. The van der Waals surface area contributed by atoms with Gasteiger partial charge >= 0.3 is 0 Å². The molecule has 0 unspecified atom stereocenters. The highest BCUT2D eigenvalue weighted by Gasteiger charge is 2.24. The van der Waals surface area contributed by atoms with Crippen LogP contribution in [0.3, 0.4) is 0 Å². The molecule has 1 aliphatic rings. The highest BCUT2D eigenvalue weighted by atomic mass is 79.9. The van der Waals surface area contributed by atoms with E-state index in [4.69, 9.17) is 5.73 Å². The fraction of sp³-hybridized carbons (Fsp3) is 0.300. The number of benzene rings is 1. The van der Waals surface area contributed by atoms with Crippen LogP contribution in [0.2, 0.25) is 0 Å². The molecule has 0 heterocycles. The Morgan fingerprint density at radius 2 is 1.87 bits per heavy atom. The molecule has 0 bridgehead atoms. The number of nitrogens with one attached hydrogen (secondary N) is 1. The van der Waals surface area contributed by atoms with E-state index >= 15 is 0 Å². The minimum absolute atomic E-state index is 0.0427. The molecule has 3 nitrogen and oxygen atoms in total. The first-order valence-corrected chi connectivity index (χ1v) is 6.22. The summed E-state index contributed by atoms with van der Waals surface area (Å²) >= 11 is 6.62. The maximum Gasteiger partial charge on any atom is 0.251 e. The van der Waals surface area contributed by atoms with Gasteiger partial charge < -0.3 is 11.1 Å². The van der Waals surface area contributed by atoms with Gasteiger partial charge in [0.25, 0.3) is 5.91 Å². The lowest BCUT2D eigenvalue weighted by Gasteiger charge is -2.07. The normalized spacial score (nSPS) is 15.1. The van der Waals surface area contributed by atoms with E-state index in [-0.39, 0.29) is 5.91 Å². The zero-order valence-corrected chi connectivity index (χ0v) is 11.1. The van der Waals surface area contributed by atoms with E-state index in [1.807, 2.05) is 0 Å². The molecule has 15 heavy (non-hydrogen) atoms. The van der Waals surface area contributed by atoms with Crippen molar-refractivity contribution in [2.45, 2.75) is 18.9 Å². The van der Waals surface area contributed by atoms with Crippen LogP contribution in [0.5, 0.6) is 0 Å². The zero-order valence-electron chi connectivity index (χ0n) is 7.89. The SMILES string of the molecule is Nc1c(Br)cc(C(=O)NC2CC2)cc1Br. The van der Waals surface area contributed by atoms with Gasteiger partial charge in [-0.2, -0.15) is 0 Å². The molecular weight excluding hydrogens is 324 g/mol. The van der Waals surface area contributed by atoms with Gasteiger partial charge in [-0.05, 0) is 56.8 Å². The number of hydrogen-bond donors (Lipinski definition) is 2. The van der Waals surface area contributed by atoms with Crippen LogP contribution in [0.25, 0.3) is 0 Å². The van der Waals surface area contributed by atoms with Crippen LogP contribution < -0.4 is 11.1 Å². The van der Waals surface area contributed by atoms with Crippen LogP contribution in [-0.2, 0) is 0 Å². The van der Waals surface area contributed by atoms with Crippen molar-refractivity contribution >= 4 is 43.5 Å². The summed E-state index contributed by atoms with van der Waals surface area (Å²) in [5.74, 6) is -0.0427. The summed E-state index contributed by atoms with van der Waals surface area (Å²) in [6, 6.07) is 3.84. The highest BCUT2D eigenvalue weighted by molar-refractivity contribution is 9.11. The Morgan fingerprint density at radius 3 is 2.33 bits per heavy atom. The largest absolute Gasteiger partial charge is 0.397 e. The Bertz CT molecular complexity index is 393. The first-order valence-electron chi connectivity index (χ1n) is 4.63. The van der Waals surface area contributed by atoms with Gasteiger partial charge in [-0.15, -0.1) is 0 Å². The minimum atomic E-state index is -0.0427. The highest BCUT2D eigenvalue weighted by Crippen LogP contribution is 2.30. The Balaban J connectivity index is 2.23. The molecule has 1 aliphatic carbocycles. The molecule has 0 radical (unpaired) electrons. The van der Waals surface area contributed by atoms with Crippen LogP contribution in [0, 0.1) is 0 Å². The van der Waals surface area contributed by atoms with Crippen molar-refractivity contribution in [3.63, 3.8) is 0 Å². The average molecular weight is 334 g/mol. The van der Waals surface area contributed by atoms with E-state index in [0.29, 0.717) is 17.3 Å². The summed E-state index contributed by atoms with van der Waals surface area (Å²) in [5, 5.41) is 2.92. The van der Waals surface area contributed by atoms with Crippen LogP contribution >= 0.6 is 31.9 Å². The molecule has 1 amide bonds. The Hall–Kier alpha value is -0.550. The van der Waals surface area contributed by atoms with E-state index in [9.17, 15) is 4.79 Å². The van der Waals surface area contributed by atoms with Crippen molar-refractivity contribution in [2.24, 2.45) is 0 Å². The molecule has 0 aliphatic heterocycles. The maximum atomic E-state index is 11.7. The van der Waals surface area contributed by atoms with Gasteiger partial charge in [0.2, 0.25) is 0 Å². The first-order chi connectivity index (χ1) is 7.08. The molecule has 0 saturated heterocycles. The molecule has 1 fully saturated rings. The van der Waals surface area contributed by atoms with Gasteiger partial charge in [0.15, 0.2) is 0 Å². The van der Waals surface area contributed by atoms with Gasteiger partial charge in [0.05, 0.1) is 5.69 Å². The van der Waals surface area contributed by atoms with Gasteiger partial charge in [-0.25, -0.2) is 0 Å². The second-order valence-electron chi connectivity index (χ2n) is 3.60. The first kappa shape index (κ1) is 11.0. The number of carbonyl (C=O) groups is 1. The van der Waals surface area contributed by atoms with Gasteiger partial charge in [-0.3, -0.25) is 4.79 Å². The van der Waals surface area contributed by atoms with E-state index in [1.54, 1.807) is 12.1 Å². The van der Waals surface area contributed by atoms with E-state index in [1.165, 1.54) is 0 Å². The molecule has 2 rings (SSSR count). The van der Waals surface area contributed by atoms with Gasteiger partial charge in [-0.1, -0.05) is 0 Å². The van der Waals surface area contributed by atoms with E-state index < -0.39 is 0 Å². The predicted octanol–water partition coefficient (Wildman–Crippen LogP) is 2.69. The van der Waals surface area contributed by atoms with Crippen LogP contribution in [0.1, 0.15) is 23.2 Å². The average Bonchev–Trinajstić information content (AvgIpc) is 2.97. The number of nitrogens with two attached hydrogens (primary N) is 1. The predicted molar refractivity (Wildman–Crippen MR) is 66.7 cm³/mol. The number of anilines is 1. The summed E-state index contributed by atoms with van der Waals surface area (Å²) in [5.41, 5.74) is 6.97. The second kappa shape index (κ2) is 4.14. The summed E-state index contributed by atoms with van der Waals surface area (Å²) < 4.78 is 1.47. The monoisotopic (exact) mass is 332 g/mol. The van der Waals surface area contributed by atoms with Gasteiger partial charge in [0, 0.05) is 20.6 Å². The van der Waals surface area contributed by atoms with Crippen LogP contribution in [0.4, 0.5) is 5.69 Å². The smallest absolute Gasteiger partial charge is 0.251 e. The number of rotatable bonds is 2. The number of amides is 1. The molecule has 80 valence electrons. The van der Waals surface area contributed by atoms with Crippen molar-refractivity contribution in [3.8, 4) is 0 Å². The molecule has 0 aromatic heterocycles. The lowest BCUT2D eigenvalue weighted by Crippen LogP contribution is -2.25. The number of halogens is 2. The fourth-order valence-corrected chi connectivity index (χ4v) is 2.40. The van der Waals surface area contributed by atoms with Crippen LogP contribution in [0.15, 0.2) is 21.1 Å². The molecule has 0 spiro atoms. The van der Waals surface area contributed by atoms with Crippen molar-refractivity contribution in [1.82, 2.24) is 5.32 Å². The Morgan fingerprint density at radius 1 is 1.33 bits per heavy atom. The summed E-state index contributed by atoms with van der Waals surface area (Å²) in [7, 11) is 0.